The van der Waals surface area contributed by atoms with Gasteiger partial charge >= 0.3 is 5.97 Å². The Labute approximate surface area is 178 Å². The first-order valence-electron chi connectivity index (χ1n) is 10.5. The summed E-state index contributed by atoms with van der Waals surface area (Å²) in [6.45, 7) is 6.15. The third-order valence-electron chi connectivity index (χ3n) is 6.93. The monoisotopic (exact) mass is 401 g/mol. The molecule has 1 N–H and O–H groups in total. The Morgan fingerprint density at radius 3 is 2.70 bits per heavy atom. The van der Waals surface area contributed by atoms with Gasteiger partial charge in [-0.1, -0.05) is 50.1 Å². The van der Waals surface area contributed by atoms with Crippen LogP contribution in [0.25, 0.3) is 17.2 Å². The molecule has 4 rings (SSSR count). The number of benzene rings is 1. The van der Waals surface area contributed by atoms with Gasteiger partial charge in [0.2, 0.25) is 0 Å². The summed E-state index contributed by atoms with van der Waals surface area (Å²) in [5, 5.41) is 11.1. The first-order chi connectivity index (χ1) is 14.3. The molecular weight excluding hydrogens is 374 g/mol. The van der Waals surface area contributed by atoms with Crippen LogP contribution >= 0.6 is 0 Å². The Morgan fingerprint density at radius 2 is 2.00 bits per heavy atom. The van der Waals surface area contributed by atoms with Gasteiger partial charge in [-0.3, -0.25) is 4.98 Å². The van der Waals surface area contributed by atoms with Gasteiger partial charge in [-0.05, 0) is 54.9 Å². The number of ether oxygens (including phenoxy) is 1. The minimum absolute atomic E-state index is 0.0313. The number of nitrogens with zero attached hydrogens (tertiary/aromatic N) is 1. The number of allylic oxidation sites excluding steroid dienone is 1. The maximum absolute atomic E-state index is 12.3. The third kappa shape index (κ3) is 3.34. The van der Waals surface area contributed by atoms with E-state index in [-0.39, 0.29) is 23.9 Å². The molecule has 2 heterocycles. The zero-order chi connectivity index (χ0) is 21.5. The van der Waals surface area contributed by atoms with Crippen molar-refractivity contribution in [3.05, 3.63) is 59.9 Å². The lowest BCUT2D eigenvalue weighted by Crippen LogP contribution is -2.52. The van der Waals surface area contributed by atoms with Crippen LogP contribution in [0, 0.1) is 36.0 Å². The highest BCUT2D eigenvalue weighted by atomic mass is 16.6. The summed E-state index contributed by atoms with van der Waals surface area (Å²) in [6, 6.07) is 11.8. The van der Waals surface area contributed by atoms with Crippen LogP contribution in [0.5, 0.6) is 0 Å². The molecule has 4 heteroatoms. The molecule has 6 atom stereocenters. The zero-order valence-electron chi connectivity index (χ0n) is 17.6. The molecule has 1 saturated heterocycles. The van der Waals surface area contributed by atoms with Gasteiger partial charge in [0.25, 0.3) is 0 Å². The lowest BCUT2D eigenvalue weighted by Gasteiger charge is -2.44. The molecular formula is C26H27NO3. The third-order valence-corrected chi connectivity index (χ3v) is 6.93. The molecule has 2 aromatic rings. The van der Waals surface area contributed by atoms with Gasteiger partial charge in [0, 0.05) is 23.2 Å². The second-order valence-electron chi connectivity index (χ2n) is 8.70. The number of aromatic nitrogens is 1. The van der Waals surface area contributed by atoms with Crippen molar-refractivity contribution < 1.29 is 14.6 Å². The van der Waals surface area contributed by atoms with Crippen LogP contribution in [-0.2, 0) is 9.53 Å². The molecule has 1 aliphatic carbocycles. The predicted molar refractivity (Wildman–Crippen MR) is 117 cm³/mol. The molecule has 0 bridgehead atoms. The summed E-state index contributed by atoms with van der Waals surface area (Å²) < 4.78 is 5.42. The Hall–Kier alpha value is -2.90. The molecule has 154 valence electrons. The van der Waals surface area contributed by atoms with Gasteiger partial charge in [0.15, 0.2) is 5.60 Å². The van der Waals surface area contributed by atoms with Crippen molar-refractivity contribution in [1.82, 2.24) is 4.98 Å². The summed E-state index contributed by atoms with van der Waals surface area (Å²) in [7, 11) is 0. The second kappa shape index (κ2) is 7.74. The number of hydrogen-bond donors (Lipinski definition) is 1. The molecule has 0 amide bonds. The minimum Gasteiger partial charge on any atom is -0.460 e. The zero-order valence-corrected chi connectivity index (χ0v) is 17.6. The standard InChI is InChI=1S/C26H27NO3/c1-5-19-8-6-7-9-23(19)20-10-11-21(27-15-20)12-13-22-17(3)16(2)14-26(29)24(22)18(4)30-25(26)28/h1,6-13,15-18,22,24,29H,14H2,2-4H3/b13-12+/t16-,17+,18+,22+,24-,26-/m0/s1. The predicted octanol–water partition coefficient (Wildman–Crippen LogP) is 4.33. The molecule has 0 radical (unpaired) electrons. The van der Waals surface area contributed by atoms with E-state index in [0.717, 1.165) is 22.4 Å². The normalized spacial score (nSPS) is 33.2. The molecule has 2 aliphatic rings. The maximum atomic E-state index is 12.3. The van der Waals surface area contributed by atoms with E-state index in [1.165, 1.54) is 0 Å². The van der Waals surface area contributed by atoms with Gasteiger partial charge in [-0.2, -0.15) is 0 Å². The molecule has 0 unspecified atom stereocenters. The van der Waals surface area contributed by atoms with Crippen molar-refractivity contribution in [3.63, 3.8) is 0 Å². The summed E-state index contributed by atoms with van der Waals surface area (Å²) >= 11 is 0. The molecule has 2 fully saturated rings. The average molecular weight is 402 g/mol. The number of hydrogen-bond acceptors (Lipinski definition) is 4. The van der Waals surface area contributed by atoms with E-state index >= 15 is 0 Å². The van der Waals surface area contributed by atoms with E-state index in [2.05, 4.69) is 30.8 Å². The fourth-order valence-corrected chi connectivity index (χ4v) is 5.13. The first-order valence-corrected chi connectivity index (χ1v) is 10.5. The average Bonchev–Trinajstić information content (AvgIpc) is 2.97. The molecule has 1 aliphatic heterocycles. The van der Waals surface area contributed by atoms with Gasteiger partial charge in [-0.25, -0.2) is 4.79 Å². The molecule has 1 aromatic carbocycles. The maximum Gasteiger partial charge on any atom is 0.338 e. The Bertz CT molecular complexity index is 1020. The fourth-order valence-electron chi connectivity index (χ4n) is 5.13. The minimum atomic E-state index is -1.39. The molecule has 0 spiro atoms. The lowest BCUT2D eigenvalue weighted by molar-refractivity contribution is -0.160. The number of terminal acetylenes is 1. The molecule has 4 nitrogen and oxygen atoms in total. The summed E-state index contributed by atoms with van der Waals surface area (Å²) in [5.41, 5.74) is 2.23. The lowest BCUT2D eigenvalue weighted by atomic mass is 9.60. The highest BCUT2D eigenvalue weighted by molar-refractivity contribution is 5.82. The highest BCUT2D eigenvalue weighted by Gasteiger charge is 2.61. The smallest absolute Gasteiger partial charge is 0.338 e. The van der Waals surface area contributed by atoms with Crippen molar-refractivity contribution in [2.75, 3.05) is 0 Å². The number of fused-ring (bicyclic) bond motifs is 1. The SMILES string of the molecule is C#Cc1ccccc1-c1ccc(/C=C/[C@@H]2[C@H](C)[C@@H](C)C[C@@]3(O)C(=O)O[C@H](C)[C@@H]23)nc1. The summed E-state index contributed by atoms with van der Waals surface area (Å²) in [4.78, 5) is 16.9. The highest BCUT2D eigenvalue weighted by Crippen LogP contribution is 2.51. The van der Waals surface area contributed by atoms with Crippen molar-refractivity contribution in [2.45, 2.75) is 38.9 Å². The van der Waals surface area contributed by atoms with Gasteiger partial charge in [0.05, 0.1) is 5.69 Å². The van der Waals surface area contributed by atoms with Gasteiger partial charge < -0.3 is 9.84 Å². The van der Waals surface area contributed by atoms with Crippen molar-refractivity contribution >= 4 is 12.0 Å². The van der Waals surface area contributed by atoms with E-state index in [1.54, 1.807) is 0 Å². The quantitative estimate of drug-likeness (QED) is 0.614. The van der Waals surface area contributed by atoms with Crippen LogP contribution in [0.15, 0.2) is 48.7 Å². The van der Waals surface area contributed by atoms with Crippen molar-refractivity contribution in [2.24, 2.45) is 23.7 Å². The van der Waals surface area contributed by atoms with Crippen LogP contribution in [0.4, 0.5) is 0 Å². The molecule has 1 saturated carbocycles. The van der Waals surface area contributed by atoms with Crippen LogP contribution in [0.3, 0.4) is 0 Å². The first kappa shape index (κ1) is 20.4. The number of carbonyl (C=O) groups excluding carboxylic acids is 1. The summed E-state index contributed by atoms with van der Waals surface area (Å²) in [5.74, 6) is 2.56. The van der Waals surface area contributed by atoms with Crippen molar-refractivity contribution in [1.29, 1.82) is 0 Å². The Balaban J connectivity index is 1.60. The second-order valence-corrected chi connectivity index (χ2v) is 8.70. The number of carbonyl (C=O) groups is 1. The summed E-state index contributed by atoms with van der Waals surface area (Å²) in [6.07, 6.45) is 11.7. The number of aliphatic hydroxyl groups is 1. The van der Waals surface area contributed by atoms with Crippen molar-refractivity contribution in [3.8, 4) is 23.5 Å². The van der Waals surface area contributed by atoms with E-state index < -0.39 is 11.6 Å². The van der Waals surface area contributed by atoms with E-state index in [0.29, 0.717) is 12.3 Å². The van der Waals surface area contributed by atoms with Crippen LogP contribution in [-0.4, -0.2) is 27.8 Å². The van der Waals surface area contributed by atoms with Gasteiger partial charge in [0.1, 0.15) is 6.10 Å². The topological polar surface area (TPSA) is 59.4 Å². The largest absolute Gasteiger partial charge is 0.460 e. The van der Waals surface area contributed by atoms with E-state index in [1.807, 2.05) is 55.6 Å². The Morgan fingerprint density at radius 1 is 1.23 bits per heavy atom. The van der Waals surface area contributed by atoms with Crippen LogP contribution in [0.1, 0.15) is 38.4 Å². The number of cyclic esters (lactones) is 1. The van der Waals surface area contributed by atoms with Gasteiger partial charge in [-0.15, -0.1) is 6.42 Å². The Kier molecular flexibility index (Phi) is 5.26. The van der Waals surface area contributed by atoms with E-state index in [9.17, 15) is 9.90 Å². The van der Waals surface area contributed by atoms with Crippen LogP contribution in [0.2, 0.25) is 0 Å². The number of pyridine rings is 1. The number of rotatable bonds is 3. The van der Waals surface area contributed by atoms with Crippen LogP contribution < -0.4 is 0 Å². The number of esters is 1. The van der Waals surface area contributed by atoms with E-state index in [4.69, 9.17) is 11.2 Å². The molecule has 1 aromatic heterocycles. The molecule has 30 heavy (non-hydrogen) atoms. The fraction of sp³-hybridized carbons (Fsp3) is 0.385.